The Morgan fingerprint density at radius 3 is 2.74 bits per heavy atom. The highest BCUT2D eigenvalue weighted by molar-refractivity contribution is 7.92. The van der Waals surface area contributed by atoms with Crippen molar-refractivity contribution in [3.8, 4) is 11.5 Å². The Labute approximate surface area is 180 Å². The van der Waals surface area contributed by atoms with Crippen LogP contribution in [-0.4, -0.2) is 46.4 Å². The van der Waals surface area contributed by atoms with E-state index in [9.17, 15) is 18.0 Å². The molecule has 2 aromatic rings. The summed E-state index contributed by atoms with van der Waals surface area (Å²) in [6.07, 6.45) is 5.32. The Kier molecular flexibility index (Phi) is 5.69. The quantitative estimate of drug-likeness (QED) is 0.384. The predicted molar refractivity (Wildman–Crippen MR) is 114 cm³/mol. The van der Waals surface area contributed by atoms with Crippen LogP contribution >= 0.6 is 0 Å². The summed E-state index contributed by atoms with van der Waals surface area (Å²) in [5.74, 6) is 0.249. The minimum Gasteiger partial charge on any atom is -0.454 e. The van der Waals surface area contributed by atoms with Crippen LogP contribution in [0.1, 0.15) is 27.9 Å². The summed E-state index contributed by atoms with van der Waals surface area (Å²) in [6.45, 7) is 0.187. The van der Waals surface area contributed by atoms with Crippen molar-refractivity contribution < 1.29 is 32.2 Å². The first-order valence-corrected chi connectivity index (χ1v) is 11.5. The molecule has 0 radical (unpaired) electrons. The van der Waals surface area contributed by atoms with E-state index in [0.717, 1.165) is 17.4 Å². The molecule has 0 aromatic heterocycles. The Hall–Kier alpha value is -3.33. The minimum absolute atomic E-state index is 0.168. The molecule has 0 bridgehead atoms. The van der Waals surface area contributed by atoms with Gasteiger partial charge in [0.2, 0.25) is 16.8 Å². The van der Waals surface area contributed by atoms with E-state index in [1.807, 2.05) is 0 Å². The van der Waals surface area contributed by atoms with Gasteiger partial charge in [-0.25, -0.2) is 13.2 Å². The van der Waals surface area contributed by atoms with Crippen molar-refractivity contribution in [2.24, 2.45) is 0 Å². The molecule has 0 aliphatic carbocycles. The lowest BCUT2D eigenvalue weighted by atomic mass is 9.99. The fourth-order valence-electron chi connectivity index (χ4n) is 3.53. The largest absolute Gasteiger partial charge is 0.454 e. The first kappa shape index (κ1) is 20.9. The minimum atomic E-state index is -3.37. The standard InChI is InChI=1S/C22H21NO7S/c1-31(26,27)23-10-2-3-16-12-17(6-7-18(16)23)19(24)13-28-22(25)9-5-15-4-8-20-21(11-15)30-14-29-20/h4-9,11-12H,2-3,10,13-14H2,1H3/b9-5+. The highest BCUT2D eigenvalue weighted by Crippen LogP contribution is 2.33. The number of hydrogen-bond donors (Lipinski definition) is 0. The number of benzene rings is 2. The lowest BCUT2D eigenvalue weighted by Crippen LogP contribution is -2.34. The van der Waals surface area contributed by atoms with Crippen molar-refractivity contribution in [1.82, 2.24) is 0 Å². The van der Waals surface area contributed by atoms with Crippen LogP contribution in [0.25, 0.3) is 6.08 Å². The molecule has 9 heteroatoms. The van der Waals surface area contributed by atoms with E-state index in [1.54, 1.807) is 42.5 Å². The number of sulfonamides is 1. The first-order chi connectivity index (χ1) is 14.8. The van der Waals surface area contributed by atoms with Gasteiger partial charge in [-0.15, -0.1) is 0 Å². The molecular formula is C22H21NO7S. The maximum atomic E-state index is 12.5. The van der Waals surface area contributed by atoms with Crippen LogP contribution in [0.2, 0.25) is 0 Å². The van der Waals surface area contributed by atoms with E-state index in [-0.39, 0.29) is 12.6 Å². The SMILES string of the molecule is CS(=O)(=O)N1CCCc2cc(C(=O)COC(=O)/C=C/c3ccc4c(c3)OCO4)ccc21. The van der Waals surface area contributed by atoms with Crippen molar-refractivity contribution in [2.45, 2.75) is 12.8 Å². The number of Topliss-reactive ketones (excluding diaryl/α,β-unsaturated/α-hetero) is 1. The third-order valence-corrected chi connectivity index (χ3v) is 6.21. The first-order valence-electron chi connectivity index (χ1n) is 9.69. The van der Waals surface area contributed by atoms with Gasteiger partial charge in [0.25, 0.3) is 0 Å². The molecule has 2 aromatic carbocycles. The highest BCUT2D eigenvalue weighted by Gasteiger charge is 2.24. The number of carbonyl (C=O) groups excluding carboxylic acids is 2. The Morgan fingerprint density at radius 2 is 1.94 bits per heavy atom. The van der Waals surface area contributed by atoms with Gasteiger partial charge in [-0.3, -0.25) is 9.10 Å². The summed E-state index contributed by atoms with van der Waals surface area (Å²) in [7, 11) is -3.37. The second-order valence-corrected chi connectivity index (χ2v) is 9.17. The molecule has 0 unspecified atom stereocenters. The van der Waals surface area contributed by atoms with E-state index in [4.69, 9.17) is 14.2 Å². The van der Waals surface area contributed by atoms with Crippen LogP contribution in [0.15, 0.2) is 42.5 Å². The van der Waals surface area contributed by atoms with Crippen molar-refractivity contribution in [3.05, 3.63) is 59.2 Å². The van der Waals surface area contributed by atoms with Gasteiger partial charge in [0.05, 0.1) is 11.9 Å². The molecular weight excluding hydrogens is 422 g/mol. The number of carbonyl (C=O) groups is 2. The zero-order valence-electron chi connectivity index (χ0n) is 16.9. The second kappa shape index (κ2) is 8.43. The number of ether oxygens (including phenoxy) is 3. The van der Waals surface area contributed by atoms with Crippen LogP contribution < -0.4 is 13.8 Å². The van der Waals surface area contributed by atoms with Gasteiger partial charge in [0, 0.05) is 18.2 Å². The Morgan fingerprint density at radius 1 is 1.13 bits per heavy atom. The molecule has 0 saturated carbocycles. The summed E-state index contributed by atoms with van der Waals surface area (Å²) in [5.41, 5.74) is 2.49. The number of esters is 1. The normalized spacial score (nSPS) is 15.1. The van der Waals surface area contributed by atoms with E-state index < -0.39 is 22.6 Å². The monoisotopic (exact) mass is 443 g/mol. The molecule has 31 heavy (non-hydrogen) atoms. The molecule has 8 nitrogen and oxygen atoms in total. The van der Waals surface area contributed by atoms with Gasteiger partial charge in [-0.05, 0) is 60.4 Å². The summed E-state index contributed by atoms with van der Waals surface area (Å²) < 4.78 is 40.8. The predicted octanol–water partition coefficient (Wildman–Crippen LogP) is 2.57. The third-order valence-electron chi connectivity index (χ3n) is 5.03. The Balaban J connectivity index is 1.37. The van der Waals surface area contributed by atoms with E-state index in [0.29, 0.717) is 42.1 Å². The van der Waals surface area contributed by atoms with Gasteiger partial charge in [0.1, 0.15) is 0 Å². The molecule has 2 aliphatic heterocycles. The van der Waals surface area contributed by atoms with Crippen molar-refractivity contribution in [2.75, 3.05) is 30.5 Å². The molecule has 2 heterocycles. The molecule has 2 aliphatic rings. The van der Waals surface area contributed by atoms with Crippen LogP contribution in [0, 0.1) is 0 Å². The van der Waals surface area contributed by atoms with Crippen LogP contribution in [0.5, 0.6) is 11.5 Å². The summed E-state index contributed by atoms with van der Waals surface area (Å²) >= 11 is 0. The van der Waals surface area contributed by atoms with E-state index >= 15 is 0 Å². The third kappa shape index (κ3) is 4.72. The smallest absolute Gasteiger partial charge is 0.331 e. The highest BCUT2D eigenvalue weighted by atomic mass is 32.2. The van der Waals surface area contributed by atoms with Gasteiger partial charge in [-0.1, -0.05) is 6.07 Å². The van der Waals surface area contributed by atoms with E-state index in [1.165, 1.54) is 10.4 Å². The molecule has 0 N–H and O–H groups in total. The lowest BCUT2D eigenvalue weighted by molar-refractivity contribution is -0.136. The number of rotatable bonds is 6. The number of hydrogen-bond acceptors (Lipinski definition) is 7. The lowest BCUT2D eigenvalue weighted by Gasteiger charge is -2.29. The number of nitrogens with zero attached hydrogens (tertiary/aromatic N) is 1. The van der Waals surface area contributed by atoms with Gasteiger partial charge in [-0.2, -0.15) is 0 Å². The molecule has 0 spiro atoms. The fraction of sp³-hybridized carbons (Fsp3) is 0.273. The molecule has 0 amide bonds. The van der Waals surface area contributed by atoms with Gasteiger partial charge >= 0.3 is 5.97 Å². The van der Waals surface area contributed by atoms with Crippen molar-refractivity contribution in [3.63, 3.8) is 0 Å². The molecule has 0 saturated heterocycles. The maximum Gasteiger partial charge on any atom is 0.331 e. The van der Waals surface area contributed by atoms with E-state index in [2.05, 4.69) is 0 Å². The summed E-state index contributed by atoms with van der Waals surface area (Å²) in [5, 5.41) is 0. The second-order valence-electron chi connectivity index (χ2n) is 7.26. The summed E-state index contributed by atoms with van der Waals surface area (Å²) in [4.78, 5) is 24.4. The molecule has 0 atom stereocenters. The van der Waals surface area contributed by atoms with Crippen molar-refractivity contribution >= 4 is 33.5 Å². The van der Waals surface area contributed by atoms with Gasteiger partial charge in [0.15, 0.2) is 23.9 Å². The fourth-order valence-corrected chi connectivity index (χ4v) is 4.53. The average Bonchev–Trinajstić information content (AvgIpc) is 3.22. The van der Waals surface area contributed by atoms with Crippen LogP contribution in [0.3, 0.4) is 0 Å². The maximum absolute atomic E-state index is 12.5. The number of ketones is 1. The number of aryl methyl sites for hydroxylation is 1. The van der Waals surface area contributed by atoms with Gasteiger partial charge < -0.3 is 14.2 Å². The number of fused-ring (bicyclic) bond motifs is 2. The van der Waals surface area contributed by atoms with Crippen LogP contribution in [-0.2, 0) is 26.0 Å². The Bertz CT molecular complexity index is 1170. The van der Waals surface area contributed by atoms with Crippen LogP contribution in [0.4, 0.5) is 5.69 Å². The van der Waals surface area contributed by atoms with Crippen molar-refractivity contribution in [1.29, 1.82) is 0 Å². The zero-order valence-corrected chi connectivity index (χ0v) is 17.7. The molecule has 162 valence electrons. The molecule has 4 rings (SSSR count). The number of anilines is 1. The topological polar surface area (TPSA) is 99.2 Å². The average molecular weight is 443 g/mol. The zero-order chi connectivity index (χ0) is 22.0. The summed E-state index contributed by atoms with van der Waals surface area (Å²) in [6, 6.07) is 10.1. The molecule has 0 fully saturated rings.